The fourth-order valence-electron chi connectivity index (χ4n) is 3.23. The summed E-state index contributed by atoms with van der Waals surface area (Å²) in [5.41, 5.74) is 8.59. The molecule has 0 bridgehead atoms. The van der Waals surface area contributed by atoms with E-state index in [1.165, 1.54) is 4.90 Å². The molecule has 1 aliphatic rings. The predicted molar refractivity (Wildman–Crippen MR) is 109 cm³/mol. The fraction of sp³-hybridized carbons (Fsp3) is 0.600. The van der Waals surface area contributed by atoms with Gasteiger partial charge in [-0.1, -0.05) is 20.8 Å². The van der Waals surface area contributed by atoms with Gasteiger partial charge in [-0.05, 0) is 37.0 Å². The van der Waals surface area contributed by atoms with Gasteiger partial charge < -0.3 is 25.1 Å². The number of nitrogens with zero attached hydrogens (tertiary/aromatic N) is 3. The molecule has 1 aliphatic heterocycles. The minimum atomic E-state index is -0.855. The number of nitrogens with two attached hydrogens (primary N) is 1. The number of likely N-dealkylation sites (tertiary alicyclic amines) is 1. The van der Waals surface area contributed by atoms with Gasteiger partial charge in [0.25, 0.3) is 0 Å². The Morgan fingerprint density at radius 3 is 2.59 bits per heavy atom. The Kier molecular flexibility index (Phi) is 5.75. The van der Waals surface area contributed by atoms with Crippen LogP contribution in [0, 0.1) is 5.41 Å². The Bertz CT molecular complexity index is 875. The SMILES string of the molecule is CC(C)(C)Cc1nc2cc(ONOC3CN(C(N)=O)C3)ccc2n1CC(C)(C)O. The van der Waals surface area contributed by atoms with Gasteiger partial charge in [0.2, 0.25) is 0 Å². The molecule has 2 aromatic rings. The van der Waals surface area contributed by atoms with E-state index in [-0.39, 0.29) is 11.5 Å². The van der Waals surface area contributed by atoms with Crippen molar-refractivity contribution >= 4 is 17.1 Å². The number of amides is 2. The quantitative estimate of drug-likeness (QED) is 0.607. The molecular formula is C20H31N5O4. The van der Waals surface area contributed by atoms with Crippen molar-refractivity contribution in [2.45, 2.75) is 59.3 Å². The van der Waals surface area contributed by atoms with Gasteiger partial charge in [-0.15, -0.1) is 0 Å². The van der Waals surface area contributed by atoms with Gasteiger partial charge in [0.05, 0.1) is 36.3 Å². The minimum Gasteiger partial charge on any atom is -0.389 e. The van der Waals surface area contributed by atoms with E-state index in [9.17, 15) is 9.90 Å². The molecule has 0 radical (unpaired) electrons. The normalized spacial score (nSPS) is 15.6. The van der Waals surface area contributed by atoms with Crippen molar-refractivity contribution in [1.82, 2.24) is 20.1 Å². The van der Waals surface area contributed by atoms with Crippen molar-refractivity contribution in [2.24, 2.45) is 11.1 Å². The lowest BCUT2D eigenvalue weighted by molar-refractivity contribution is -0.175. The van der Waals surface area contributed by atoms with Crippen LogP contribution in [-0.2, 0) is 17.8 Å². The van der Waals surface area contributed by atoms with Crippen LogP contribution in [0.15, 0.2) is 18.2 Å². The van der Waals surface area contributed by atoms with E-state index in [4.69, 9.17) is 20.4 Å². The van der Waals surface area contributed by atoms with Crippen LogP contribution in [0.3, 0.4) is 0 Å². The molecule has 0 spiro atoms. The van der Waals surface area contributed by atoms with Gasteiger partial charge in [0.1, 0.15) is 11.9 Å². The number of urea groups is 1. The Hall–Kier alpha value is -2.36. The van der Waals surface area contributed by atoms with Gasteiger partial charge in [-0.25, -0.2) is 9.78 Å². The van der Waals surface area contributed by atoms with E-state index in [0.29, 0.717) is 25.4 Å². The van der Waals surface area contributed by atoms with Crippen molar-refractivity contribution in [3.8, 4) is 5.75 Å². The number of primary amides is 1. The van der Waals surface area contributed by atoms with Crippen molar-refractivity contribution in [1.29, 1.82) is 0 Å². The highest BCUT2D eigenvalue weighted by Gasteiger charge is 2.30. The van der Waals surface area contributed by atoms with Gasteiger partial charge in [0, 0.05) is 12.5 Å². The van der Waals surface area contributed by atoms with Crippen molar-refractivity contribution in [3.05, 3.63) is 24.0 Å². The number of hydrogen-bond donors (Lipinski definition) is 3. The molecule has 1 aromatic heterocycles. The standard InChI is InChI=1S/C20H31N5O4/c1-19(2,3)9-17-22-15-8-13(6-7-16(15)25(17)12-20(4,5)27)28-23-29-14-10-24(11-14)18(21)26/h6-8,14,23,27H,9-12H2,1-5H3,(H2,21,26). The van der Waals surface area contributed by atoms with Gasteiger partial charge in [-0.2, -0.15) is 0 Å². The Labute approximate surface area is 170 Å². The second kappa shape index (κ2) is 7.81. The number of carbonyl (C=O) groups excluding carboxylic acids is 1. The number of hydrogen-bond acceptors (Lipinski definition) is 6. The molecule has 2 heterocycles. The molecule has 1 aromatic carbocycles. The fourth-order valence-corrected chi connectivity index (χ4v) is 3.23. The molecule has 4 N–H and O–H groups in total. The number of aromatic nitrogens is 2. The summed E-state index contributed by atoms with van der Waals surface area (Å²) < 4.78 is 2.07. The number of benzene rings is 1. The molecule has 0 atom stereocenters. The molecule has 1 fully saturated rings. The monoisotopic (exact) mass is 405 g/mol. The van der Waals surface area contributed by atoms with E-state index in [1.54, 1.807) is 13.8 Å². The molecule has 9 nitrogen and oxygen atoms in total. The zero-order valence-electron chi connectivity index (χ0n) is 17.7. The summed E-state index contributed by atoms with van der Waals surface area (Å²) >= 11 is 0. The van der Waals surface area contributed by atoms with E-state index in [1.807, 2.05) is 18.2 Å². The first-order valence-corrected chi connectivity index (χ1v) is 9.75. The molecule has 2 amide bonds. The summed E-state index contributed by atoms with van der Waals surface area (Å²) in [4.78, 5) is 28.0. The third kappa shape index (κ3) is 5.59. The summed E-state index contributed by atoms with van der Waals surface area (Å²) in [5.74, 6) is 1.48. The number of rotatable bonds is 7. The summed E-state index contributed by atoms with van der Waals surface area (Å²) in [6.07, 6.45) is 0.628. The lowest BCUT2D eigenvalue weighted by atomic mass is 9.92. The maximum absolute atomic E-state index is 11.0. The van der Waals surface area contributed by atoms with E-state index < -0.39 is 11.6 Å². The largest absolute Gasteiger partial charge is 0.389 e. The molecular weight excluding hydrogens is 374 g/mol. The van der Waals surface area contributed by atoms with Crippen LogP contribution < -0.4 is 16.2 Å². The van der Waals surface area contributed by atoms with Crippen molar-refractivity contribution < 1.29 is 19.6 Å². The van der Waals surface area contributed by atoms with Crippen LogP contribution >= 0.6 is 0 Å². The Morgan fingerprint density at radius 1 is 1.31 bits per heavy atom. The first-order valence-electron chi connectivity index (χ1n) is 9.75. The van der Waals surface area contributed by atoms with Crippen LogP contribution in [0.5, 0.6) is 5.75 Å². The van der Waals surface area contributed by atoms with Crippen LogP contribution in [0.4, 0.5) is 4.79 Å². The molecule has 0 unspecified atom stereocenters. The zero-order chi connectivity index (χ0) is 21.4. The van der Waals surface area contributed by atoms with Gasteiger partial charge in [0.15, 0.2) is 5.75 Å². The lowest BCUT2D eigenvalue weighted by Crippen LogP contribution is -2.58. The molecule has 3 rings (SSSR count). The van der Waals surface area contributed by atoms with Crippen LogP contribution in [0.1, 0.15) is 40.4 Å². The Morgan fingerprint density at radius 2 is 2.00 bits per heavy atom. The van der Waals surface area contributed by atoms with E-state index in [0.717, 1.165) is 23.3 Å². The van der Waals surface area contributed by atoms with Gasteiger partial charge in [-0.3, -0.25) is 4.84 Å². The summed E-state index contributed by atoms with van der Waals surface area (Å²) in [5, 5.41) is 10.3. The summed E-state index contributed by atoms with van der Waals surface area (Å²) in [6.45, 7) is 11.4. The molecule has 0 saturated carbocycles. The van der Waals surface area contributed by atoms with Crippen LogP contribution in [0.2, 0.25) is 0 Å². The predicted octanol–water partition coefficient (Wildman–Crippen LogP) is 1.97. The maximum atomic E-state index is 11.0. The van der Waals surface area contributed by atoms with E-state index >= 15 is 0 Å². The molecule has 1 saturated heterocycles. The second-order valence-electron chi connectivity index (χ2n) is 9.48. The first kappa shape index (κ1) is 21.4. The summed E-state index contributed by atoms with van der Waals surface area (Å²) in [7, 11) is 0. The number of fused-ring (bicyclic) bond motifs is 1. The highest BCUT2D eigenvalue weighted by atomic mass is 16.9. The summed E-state index contributed by atoms with van der Waals surface area (Å²) in [6, 6.07) is 5.12. The highest BCUT2D eigenvalue weighted by molar-refractivity contribution is 5.78. The average Bonchev–Trinajstić information content (AvgIpc) is 2.82. The number of nitrogens with one attached hydrogen (secondary N) is 1. The second-order valence-corrected chi connectivity index (χ2v) is 9.48. The van der Waals surface area contributed by atoms with Crippen LogP contribution in [0.25, 0.3) is 11.0 Å². The third-order valence-electron chi connectivity index (χ3n) is 4.57. The number of imidazole rings is 1. The van der Waals surface area contributed by atoms with E-state index in [2.05, 4.69) is 31.0 Å². The smallest absolute Gasteiger partial charge is 0.314 e. The Balaban J connectivity index is 1.71. The first-order chi connectivity index (χ1) is 13.4. The molecule has 29 heavy (non-hydrogen) atoms. The molecule has 0 aliphatic carbocycles. The average molecular weight is 405 g/mol. The van der Waals surface area contributed by atoms with Gasteiger partial charge >= 0.3 is 6.03 Å². The third-order valence-corrected chi connectivity index (χ3v) is 4.57. The molecule has 160 valence electrons. The highest BCUT2D eigenvalue weighted by Crippen LogP contribution is 2.27. The maximum Gasteiger partial charge on any atom is 0.314 e. The minimum absolute atomic E-state index is 0.0645. The number of carbonyl (C=O) groups is 1. The van der Waals surface area contributed by atoms with Crippen LogP contribution in [-0.4, -0.2) is 50.4 Å². The number of aliphatic hydroxyl groups is 1. The molecule has 9 heteroatoms. The zero-order valence-corrected chi connectivity index (χ0v) is 17.7. The van der Waals surface area contributed by atoms with Crippen molar-refractivity contribution in [2.75, 3.05) is 13.1 Å². The topological polar surface area (TPSA) is 115 Å². The van der Waals surface area contributed by atoms with Crippen molar-refractivity contribution in [3.63, 3.8) is 0 Å². The lowest BCUT2D eigenvalue weighted by Gasteiger charge is -2.36.